The van der Waals surface area contributed by atoms with Gasteiger partial charge in [0.2, 0.25) is 0 Å². The van der Waals surface area contributed by atoms with E-state index in [0.717, 1.165) is 0 Å². The third-order valence-electron chi connectivity index (χ3n) is 2.16. The van der Waals surface area contributed by atoms with Crippen LogP contribution in [-0.4, -0.2) is 12.7 Å². The highest BCUT2D eigenvalue weighted by Gasteiger charge is 2.14. The Kier molecular flexibility index (Phi) is 4.18. The minimum atomic E-state index is 0.0544. The fraction of sp³-hybridized carbons (Fsp3) is 0.231. The molecule has 0 spiro atoms. The molecule has 4 radical (unpaired) electrons. The Morgan fingerprint density at radius 3 is 2.73 bits per heavy atom. The normalized spacial score (nSPS) is 21.5. The largest absolute Gasteiger partial charge is 0.374 e. The zero-order valence-electron chi connectivity index (χ0n) is 8.50. The molecule has 1 aromatic carbocycles. The maximum atomic E-state index is 5.55. The first-order valence-electron chi connectivity index (χ1n) is 5.05. The smallest absolute Gasteiger partial charge is 0.0879 e. The molecule has 1 fully saturated rings. The van der Waals surface area contributed by atoms with Gasteiger partial charge < -0.3 is 9.47 Å². The van der Waals surface area contributed by atoms with Gasteiger partial charge in [-0.1, -0.05) is 30.3 Å². The van der Waals surface area contributed by atoms with E-state index in [1.54, 1.807) is 6.61 Å². The first-order chi connectivity index (χ1) is 7.45. The van der Waals surface area contributed by atoms with Gasteiger partial charge in [0.15, 0.2) is 0 Å². The molecule has 1 saturated heterocycles. The van der Waals surface area contributed by atoms with E-state index in [0.29, 0.717) is 13.2 Å². The van der Waals surface area contributed by atoms with Crippen molar-refractivity contribution >= 4 is 0 Å². The number of hydrogen-bond donors (Lipinski definition) is 0. The second-order valence-electron chi connectivity index (χ2n) is 3.39. The van der Waals surface area contributed by atoms with Crippen LogP contribution in [0.5, 0.6) is 0 Å². The first kappa shape index (κ1) is 10.7. The molecule has 0 bridgehead atoms. The molecule has 1 aromatic rings. The topological polar surface area (TPSA) is 18.5 Å². The van der Waals surface area contributed by atoms with E-state index in [4.69, 9.17) is 9.47 Å². The Balaban J connectivity index is 1.66. The van der Waals surface area contributed by atoms with E-state index in [-0.39, 0.29) is 6.10 Å². The fourth-order valence-corrected chi connectivity index (χ4v) is 1.39. The molecular formula is C13H14O2. The minimum absolute atomic E-state index is 0.0544. The molecule has 0 aromatic heterocycles. The molecule has 1 heterocycles. The third kappa shape index (κ3) is 3.65. The molecule has 1 atom stereocenters. The van der Waals surface area contributed by atoms with Crippen LogP contribution in [-0.2, 0) is 16.1 Å². The summed E-state index contributed by atoms with van der Waals surface area (Å²) in [6.45, 7) is 2.92. The summed E-state index contributed by atoms with van der Waals surface area (Å²) in [7, 11) is 0. The molecule has 2 rings (SSSR count). The Hall–Kier alpha value is -0.860. The Morgan fingerprint density at radius 1 is 1.13 bits per heavy atom. The van der Waals surface area contributed by atoms with Gasteiger partial charge in [-0.25, -0.2) is 0 Å². The molecule has 0 unspecified atom stereocenters. The summed E-state index contributed by atoms with van der Waals surface area (Å²) in [4.78, 5) is 0. The van der Waals surface area contributed by atoms with E-state index in [2.05, 4.69) is 12.1 Å². The van der Waals surface area contributed by atoms with Crippen LogP contribution in [0.25, 0.3) is 0 Å². The average Bonchev–Trinajstić information content (AvgIpc) is 2.32. The van der Waals surface area contributed by atoms with Gasteiger partial charge in [0.1, 0.15) is 0 Å². The molecular weight excluding hydrogens is 188 g/mol. The van der Waals surface area contributed by atoms with E-state index >= 15 is 0 Å². The van der Waals surface area contributed by atoms with Crippen LogP contribution < -0.4 is 0 Å². The quantitative estimate of drug-likeness (QED) is 0.746. The molecule has 1 aliphatic rings. The molecule has 2 nitrogen and oxygen atoms in total. The first-order valence-corrected chi connectivity index (χ1v) is 5.05. The number of rotatable bonds is 4. The highest BCUT2D eigenvalue weighted by Crippen LogP contribution is 2.13. The Labute approximate surface area is 91.2 Å². The lowest BCUT2D eigenvalue weighted by atomic mass is 10.1. The van der Waals surface area contributed by atoms with Gasteiger partial charge in [-0.15, -0.1) is 0 Å². The standard InChI is InChI=1S/C13H14O2/c1-2-6-12(7-3-1)10-14-11-13-8-4-5-9-15-13/h1-9,13H,10-11H2/t13-/m1/s1. The van der Waals surface area contributed by atoms with Crippen molar-refractivity contribution in [2.75, 3.05) is 6.61 Å². The van der Waals surface area contributed by atoms with Crippen molar-refractivity contribution in [3.63, 3.8) is 0 Å². The van der Waals surface area contributed by atoms with Crippen LogP contribution >= 0.6 is 0 Å². The molecule has 0 saturated carbocycles. The second-order valence-corrected chi connectivity index (χ2v) is 3.39. The minimum Gasteiger partial charge on any atom is -0.374 e. The van der Waals surface area contributed by atoms with Crippen molar-refractivity contribution in [2.45, 2.75) is 12.7 Å². The SMILES string of the molecule is [CH]1[CH][CH][C@H](COCc2ccccc2)O[CH]1. The van der Waals surface area contributed by atoms with Crippen molar-refractivity contribution < 1.29 is 9.47 Å². The van der Waals surface area contributed by atoms with E-state index in [1.807, 2.05) is 37.5 Å². The van der Waals surface area contributed by atoms with Crippen molar-refractivity contribution in [1.29, 1.82) is 0 Å². The molecule has 15 heavy (non-hydrogen) atoms. The second kappa shape index (κ2) is 5.89. The van der Waals surface area contributed by atoms with Crippen LogP contribution in [0.15, 0.2) is 30.3 Å². The lowest BCUT2D eigenvalue weighted by Gasteiger charge is -2.21. The van der Waals surface area contributed by atoms with Crippen LogP contribution in [0.4, 0.5) is 0 Å². The van der Waals surface area contributed by atoms with Gasteiger partial charge in [0, 0.05) is 0 Å². The zero-order chi connectivity index (χ0) is 10.3. The van der Waals surface area contributed by atoms with Gasteiger partial charge in [-0.2, -0.15) is 0 Å². The van der Waals surface area contributed by atoms with Gasteiger partial charge in [-0.05, 0) is 24.8 Å². The molecule has 0 aliphatic carbocycles. The molecule has 2 heteroatoms. The van der Waals surface area contributed by atoms with Gasteiger partial charge >= 0.3 is 0 Å². The molecule has 78 valence electrons. The maximum absolute atomic E-state index is 5.55. The summed E-state index contributed by atoms with van der Waals surface area (Å²) in [5.41, 5.74) is 1.19. The monoisotopic (exact) mass is 202 g/mol. The van der Waals surface area contributed by atoms with Crippen LogP contribution in [0.1, 0.15) is 5.56 Å². The number of ether oxygens (including phenoxy) is 2. The fourth-order valence-electron chi connectivity index (χ4n) is 1.39. The Morgan fingerprint density at radius 2 is 2.00 bits per heavy atom. The van der Waals surface area contributed by atoms with E-state index in [1.165, 1.54) is 5.56 Å². The summed E-state index contributed by atoms with van der Waals surface area (Å²) in [6.07, 6.45) is 5.89. The summed E-state index contributed by atoms with van der Waals surface area (Å²) >= 11 is 0. The van der Waals surface area contributed by atoms with Crippen molar-refractivity contribution in [3.8, 4) is 0 Å². The van der Waals surface area contributed by atoms with Crippen LogP contribution in [0.2, 0.25) is 0 Å². The highest BCUT2D eigenvalue weighted by atomic mass is 16.5. The van der Waals surface area contributed by atoms with Gasteiger partial charge in [0.25, 0.3) is 0 Å². The van der Waals surface area contributed by atoms with Gasteiger partial charge in [0.05, 0.1) is 25.9 Å². The predicted octanol–water partition coefficient (Wildman–Crippen LogP) is 2.38. The van der Waals surface area contributed by atoms with Crippen LogP contribution in [0.3, 0.4) is 0 Å². The lowest BCUT2D eigenvalue weighted by Crippen LogP contribution is -2.23. The maximum Gasteiger partial charge on any atom is 0.0879 e. The molecule has 0 amide bonds. The lowest BCUT2D eigenvalue weighted by molar-refractivity contribution is 0.0194. The van der Waals surface area contributed by atoms with Crippen molar-refractivity contribution in [2.24, 2.45) is 0 Å². The van der Waals surface area contributed by atoms with E-state index < -0.39 is 0 Å². The zero-order valence-corrected chi connectivity index (χ0v) is 8.50. The van der Waals surface area contributed by atoms with Crippen molar-refractivity contribution in [3.05, 3.63) is 61.8 Å². The number of benzene rings is 1. The summed E-state index contributed by atoms with van der Waals surface area (Å²) in [5.74, 6) is 0. The predicted molar refractivity (Wildman–Crippen MR) is 58.2 cm³/mol. The summed E-state index contributed by atoms with van der Waals surface area (Å²) in [6, 6.07) is 10.1. The third-order valence-corrected chi connectivity index (χ3v) is 2.16. The average molecular weight is 202 g/mol. The van der Waals surface area contributed by atoms with Gasteiger partial charge in [-0.3, -0.25) is 0 Å². The number of hydrogen-bond acceptors (Lipinski definition) is 2. The van der Waals surface area contributed by atoms with E-state index in [9.17, 15) is 0 Å². The molecule has 0 N–H and O–H groups in total. The summed E-state index contributed by atoms with van der Waals surface area (Å²) < 4.78 is 10.9. The summed E-state index contributed by atoms with van der Waals surface area (Å²) in [5, 5.41) is 0. The van der Waals surface area contributed by atoms with Crippen LogP contribution in [0, 0.1) is 25.9 Å². The molecule has 1 aliphatic heterocycles. The highest BCUT2D eigenvalue weighted by molar-refractivity contribution is 5.13. The Bertz CT molecular complexity index is 265. The van der Waals surface area contributed by atoms with Crippen molar-refractivity contribution in [1.82, 2.24) is 0 Å².